The van der Waals surface area contributed by atoms with Crippen LogP contribution in [0.3, 0.4) is 0 Å². The van der Waals surface area contributed by atoms with E-state index in [-0.39, 0.29) is 31.0 Å². The number of aliphatic hydroxyl groups is 1. The smallest absolute Gasteiger partial charge is 0.146 e. The summed E-state index contributed by atoms with van der Waals surface area (Å²) in [6.45, 7) is 3.93. The zero-order chi connectivity index (χ0) is 12.0. The Morgan fingerprint density at radius 1 is 1.56 bits per heavy atom. The van der Waals surface area contributed by atoms with E-state index in [1.807, 2.05) is 0 Å². The molecule has 0 saturated heterocycles. The molecule has 0 aliphatic heterocycles. The van der Waals surface area contributed by atoms with Gasteiger partial charge >= 0.3 is 0 Å². The van der Waals surface area contributed by atoms with Crippen LogP contribution in [0.25, 0.3) is 0 Å². The van der Waals surface area contributed by atoms with Gasteiger partial charge in [0.1, 0.15) is 6.79 Å². The molecule has 0 aromatic rings. The van der Waals surface area contributed by atoms with Gasteiger partial charge in [-0.2, -0.15) is 0 Å². The normalized spacial score (nSPS) is 28.9. The molecule has 3 N–H and O–H groups in total. The standard InChI is InChI=1S/C12H23NO3/c1-3-5-11(16-8-15-2)12(13)9-6-4-7-10(9)14/h3,9-12,14H,1,4-8,13H2,2H3/t9-,10+,11-,12-/m1/s1. The molecular weight excluding hydrogens is 206 g/mol. The van der Waals surface area contributed by atoms with Crippen LogP contribution in [0.1, 0.15) is 25.7 Å². The Balaban J connectivity index is 2.50. The molecule has 1 fully saturated rings. The van der Waals surface area contributed by atoms with Crippen LogP contribution in [0, 0.1) is 5.92 Å². The summed E-state index contributed by atoms with van der Waals surface area (Å²) in [5, 5.41) is 9.81. The summed E-state index contributed by atoms with van der Waals surface area (Å²) in [5.41, 5.74) is 6.15. The minimum atomic E-state index is -0.284. The highest BCUT2D eigenvalue weighted by atomic mass is 16.7. The molecule has 16 heavy (non-hydrogen) atoms. The predicted molar refractivity (Wildman–Crippen MR) is 62.9 cm³/mol. The Morgan fingerprint density at radius 2 is 2.31 bits per heavy atom. The molecule has 0 aromatic carbocycles. The second-order valence-electron chi connectivity index (χ2n) is 4.38. The van der Waals surface area contributed by atoms with Crippen LogP contribution in [0.15, 0.2) is 12.7 Å². The summed E-state index contributed by atoms with van der Waals surface area (Å²) in [5.74, 6) is 0.141. The van der Waals surface area contributed by atoms with Crippen LogP contribution >= 0.6 is 0 Å². The maximum absolute atomic E-state index is 9.81. The average Bonchev–Trinajstić information content (AvgIpc) is 2.69. The summed E-state index contributed by atoms with van der Waals surface area (Å²) in [4.78, 5) is 0. The quantitative estimate of drug-likeness (QED) is 0.506. The van der Waals surface area contributed by atoms with Crippen molar-refractivity contribution in [3.05, 3.63) is 12.7 Å². The highest BCUT2D eigenvalue weighted by Crippen LogP contribution is 2.30. The lowest BCUT2D eigenvalue weighted by atomic mass is 9.91. The van der Waals surface area contributed by atoms with Gasteiger partial charge in [-0.1, -0.05) is 12.5 Å². The molecule has 1 aliphatic rings. The van der Waals surface area contributed by atoms with Gasteiger partial charge in [-0.05, 0) is 19.3 Å². The summed E-state index contributed by atoms with van der Waals surface area (Å²) in [6.07, 6.45) is 4.96. The van der Waals surface area contributed by atoms with E-state index >= 15 is 0 Å². The highest BCUT2D eigenvalue weighted by molar-refractivity contribution is 4.91. The average molecular weight is 229 g/mol. The van der Waals surface area contributed by atoms with Gasteiger partial charge in [0, 0.05) is 19.1 Å². The molecule has 0 unspecified atom stereocenters. The first-order chi connectivity index (χ1) is 7.70. The predicted octanol–water partition coefficient (Wildman–Crippen LogP) is 1.04. The largest absolute Gasteiger partial charge is 0.393 e. The van der Waals surface area contributed by atoms with Crippen molar-refractivity contribution in [3.63, 3.8) is 0 Å². The number of methoxy groups -OCH3 is 1. The van der Waals surface area contributed by atoms with Crippen molar-refractivity contribution in [2.24, 2.45) is 11.7 Å². The van der Waals surface area contributed by atoms with Gasteiger partial charge in [0.15, 0.2) is 0 Å². The summed E-state index contributed by atoms with van der Waals surface area (Å²) >= 11 is 0. The van der Waals surface area contributed by atoms with Crippen LogP contribution in [-0.2, 0) is 9.47 Å². The SMILES string of the molecule is C=CC[C@@H](OCOC)[C@H](N)[C@@H]1CCC[C@@H]1O. The molecule has 94 valence electrons. The zero-order valence-corrected chi connectivity index (χ0v) is 9.97. The number of aliphatic hydroxyl groups excluding tert-OH is 1. The lowest BCUT2D eigenvalue weighted by molar-refractivity contribution is -0.0883. The molecular formula is C12H23NO3. The first kappa shape index (κ1) is 13.6. The number of rotatable bonds is 7. The number of hydrogen-bond donors (Lipinski definition) is 2. The molecule has 0 spiro atoms. The van der Waals surface area contributed by atoms with Crippen molar-refractivity contribution < 1.29 is 14.6 Å². The van der Waals surface area contributed by atoms with Gasteiger partial charge in [-0.3, -0.25) is 0 Å². The fourth-order valence-corrected chi connectivity index (χ4v) is 2.35. The van der Waals surface area contributed by atoms with Crippen LogP contribution in [-0.4, -0.2) is 37.3 Å². The fraction of sp³-hybridized carbons (Fsp3) is 0.833. The Labute approximate surface area is 97.4 Å². The van der Waals surface area contributed by atoms with Crippen molar-refractivity contribution in [1.82, 2.24) is 0 Å². The molecule has 1 saturated carbocycles. The Kier molecular flexibility index (Phi) is 5.98. The first-order valence-corrected chi connectivity index (χ1v) is 5.85. The Morgan fingerprint density at radius 3 is 2.81 bits per heavy atom. The molecule has 4 nitrogen and oxygen atoms in total. The van der Waals surface area contributed by atoms with Crippen molar-refractivity contribution in [2.75, 3.05) is 13.9 Å². The van der Waals surface area contributed by atoms with E-state index in [0.29, 0.717) is 6.42 Å². The van der Waals surface area contributed by atoms with Crippen LogP contribution in [0.4, 0.5) is 0 Å². The third-order valence-corrected chi connectivity index (χ3v) is 3.25. The third kappa shape index (κ3) is 3.56. The van der Waals surface area contributed by atoms with E-state index in [9.17, 15) is 5.11 Å². The van der Waals surface area contributed by atoms with Gasteiger partial charge in [0.2, 0.25) is 0 Å². The van der Waals surface area contributed by atoms with E-state index < -0.39 is 0 Å². The molecule has 0 heterocycles. The second-order valence-corrected chi connectivity index (χ2v) is 4.38. The third-order valence-electron chi connectivity index (χ3n) is 3.25. The highest BCUT2D eigenvalue weighted by Gasteiger charge is 2.34. The number of nitrogens with two attached hydrogens (primary N) is 1. The molecule has 0 radical (unpaired) electrons. The van der Waals surface area contributed by atoms with Gasteiger partial charge in [-0.15, -0.1) is 6.58 Å². The van der Waals surface area contributed by atoms with Gasteiger partial charge < -0.3 is 20.3 Å². The minimum Gasteiger partial charge on any atom is -0.393 e. The molecule has 1 aliphatic carbocycles. The lowest BCUT2D eigenvalue weighted by Crippen LogP contribution is -2.45. The number of hydrogen-bond acceptors (Lipinski definition) is 4. The lowest BCUT2D eigenvalue weighted by Gasteiger charge is -2.29. The van der Waals surface area contributed by atoms with Crippen LogP contribution < -0.4 is 5.73 Å². The molecule has 0 bridgehead atoms. The summed E-state index contributed by atoms with van der Waals surface area (Å²) in [6, 6.07) is -0.148. The van der Waals surface area contributed by atoms with Crippen molar-refractivity contribution >= 4 is 0 Å². The van der Waals surface area contributed by atoms with Crippen LogP contribution in [0.5, 0.6) is 0 Å². The molecule has 1 rings (SSSR count). The topological polar surface area (TPSA) is 64.7 Å². The molecule has 4 heteroatoms. The zero-order valence-electron chi connectivity index (χ0n) is 9.97. The number of ether oxygens (including phenoxy) is 2. The van der Waals surface area contributed by atoms with Crippen molar-refractivity contribution in [2.45, 2.75) is 43.9 Å². The fourth-order valence-electron chi connectivity index (χ4n) is 2.35. The van der Waals surface area contributed by atoms with Gasteiger partial charge in [0.05, 0.1) is 12.2 Å². The molecule has 4 atom stereocenters. The summed E-state index contributed by atoms with van der Waals surface area (Å²) in [7, 11) is 1.58. The maximum Gasteiger partial charge on any atom is 0.146 e. The van der Waals surface area contributed by atoms with E-state index in [0.717, 1.165) is 19.3 Å². The molecule has 0 amide bonds. The summed E-state index contributed by atoms with van der Waals surface area (Å²) < 4.78 is 10.4. The van der Waals surface area contributed by atoms with E-state index in [4.69, 9.17) is 15.2 Å². The minimum absolute atomic E-state index is 0.116. The second kappa shape index (κ2) is 7.01. The van der Waals surface area contributed by atoms with Crippen molar-refractivity contribution in [3.8, 4) is 0 Å². The van der Waals surface area contributed by atoms with Gasteiger partial charge in [0.25, 0.3) is 0 Å². The van der Waals surface area contributed by atoms with E-state index in [2.05, 4.69) is 6.58 Å². The van der Waals surface area contributed by atoms with Crippen LogP contribution in [0.2, 0.25) is 0 Å². The van der Waals surface area contributed by atoms with Gasteiger partial charge in [-0.25, -0.2) is 0 Å². The maximum atomic E-state index is 9.81. The van der Waals surface area contributed by atoms with E-state index in [1.54, 1.807) is 13.2 Å². The van der Waals surface area contributed by atoms with E-state index in [1.165, 1.54) is 0 Å². The molecule has 0 aromatic heterocycles. The Bertz CT molecular complexity index is 210. The monoisotopic (exact) mass is 229 g/mol. The van der Waals surface area contributed by atoms with Crippen molar-refractivity contribution in [1.29, 1.82) is 0 Å². The Hall–Kier alpha value is -0.420. The first-order valence-electron chi connectivity index (χ1n) is 5.85.